The largest absolute Gasteiger partial charge is 0.282 e. The molecule has 0 spiro atoms. The molecule has 0 atom stereocenters. The van der Waals surface area contributed by atoms with Gasteiger partial charge in [0.05, 0.1) is 0 Å². The highest BCUT2D eigenvalue weighted by molar-refractivity contribution is 8.09. The summed E-state index contributed by atoms with van der Waals surface area (Å²) in [7, 11) is 0. The van der Waals surface area contributed by atoms with E-state index in [2.05, 4.69) is 13.2 Å². The SMILES string of the molecule is C=CCN(CC=C)S[C]=O. The molecule has 0 heterocycles. The van der Waals surface area contributed by atoms with Crippen LogP contribution in [0.15, 0.2) is 25.3 Å². The van der Waals surface area contributed by atoms with Crippen molar-refractivity contribution in [3.05, 3.63) is 25.3 Å². The molecule has 1 radical (unpaired) electrons. The summed E-state index contributed by atoms with van der Waals surface area (Å²) in [5.74, 6) is 0. The maximum Gasteiger partial charge on any atom is 0.282 e. The van der Waals surface area contributed by atoms with Crippen molar-refractivity contribution < 1.29 is 4.79 Å². The van der Waals surface area contributed by atoms with Gasteiger partial charge in [0, 0.05) is 25.0 Å². The summed E-state index contributed by atoms with van der Waals surface area (Å²) in [5.41, 5.74) is 1.73. The predicted octanol–water partition coefficient (Wildman–Crippen LogP) is 1.38. The van der Waals surface area contributed by atoms with Crippen LogP contribution in [0.4, 0.5) is 0 Å². The minimum Gasteiger partial charge on any atom is -0.276 e. The van der Waals surface area contributed by atoms with E-state index in [4.69, 9.17) is 0 Å². The maximum absolute atomic E-state index is 9.89. The number of carbonyl (C=O) groups excluding carboxylic acids is 1. The molecule has 0 aliphatic rings. The summed E-state index contributed by atoms with van der Waals surface area (Å²) >= 11 is 1.01. The van der Waals surface area contributed by atoms with Crippen LogP contribution in [0.2, 0.25) is 0 Å². The van der Waals surface area contributed by atoms with Crippen molar-refractivity contribution in [3.63, 3.8) is 0 Å². The van der Waals surface area contributed by atoms with E-state index < -0.39 is 0 Å². The fraction of sp³-hybridized carbons (Fsp3) is 0.286. The van der Waals surface area contributed by atoms with E-state index in [0.29, 0.717) is 13.1 Å². The zero-order chi connectivity index (χ0) is 7.82. The predicted molar refractivity (Wildman–Crippen MR) is 45.3 cm³/mol. The third kappa shape index (κ3) is 4.35. The lowest BCUT2D eigenvalue weighted by molar-refractivity contribution is 0.558. The number of hydrogen-bond acceptors (Lipinski definition) is 3. The standard InChI is InChI=1S/C7H10NOS/c1-3-5-8(6-4-2)10-7-9/h3-4H,1-2,5-6H2. The Kier molecular flexibility index (Phi) is 6.22. The second kappa shape index (κ2) is 6.58. The quantitative estimate of drug-likeness (QED) is 0.428. The molecule has 3 heteroatoms. The zero-order valence-corrected chi connectivity index (χ0v) is 6.56. The summed E-state index contributed by atoms with van der Waals surface area (Å²) in [6, 6.07) is 0. The Bertz CT molecular complexity index is 101. The Labute approximate surface area is 65.7 Å². The summed E-state index contributed by atoms with van der Waals surface area (Å²) in [5, 5.41) is 0. The molecule has 2 nitrogen and oxygen atoms in total. The first-order valence-electron chi connectivity index (χ1n) is 2.86. The van der Waals surface area contributed by atoms with Gasteiger partial charge in [-0.1, -0.05) is 12.2 Å². The Hall–Kier alpha value is -0.540. The normalized spacial score (nSPS) is 9.30. The van der Waals surface area contributed by atoms with Gasteiger partial charge in [-0.05, 0) is 0 Å². The molecule has 0 fully saturated rings. The highest BCUT2D eigenvalue weighted by atomic mass is 32.2. The van der Waals surface area contributed by atoms with Crippen molar-refractivity contribution in [2.45, 2.75) is 0 Å². The van der Waals surface area contributed by atoms with E-state index in [0.717, 1.165) is 11.9 Å². The average molecular weight is 156 g/mol. The molecule has 10 heavy (non-hydrogen) atoms. The van der Waals surface area contributed by atoms with E-state index in [-0.39, 0.29) is 0 Å². The van der Waals surface area contributed by atoms with Gasteiger partial charge in [-0.2, -0.15) is 0 Å². The lowest BCUT2D eigenvalue weighted by atomic mass is 10.5. The van der Waals surface area contributed by atoms with Gasteiger partial charge in [0.15, 0.2) is 0 Å². The fourth-order valence-electron chi connectivity index (χ4n) is 0.490. The molecule has 0 saturated carbocycles. The van der Waals surface area contributed by atoms with Crippen LogP contribution in [-0.2, 0) is 4.79 Å². The molecule has 0 N–H and O–H groups in total. The van der Waals surface area contributed by atoms with Crippen LogP contribution in [0.3, 0.4) is 0 Å². The first-order chi connectivity index (χ1) is 4.85. The van der Waals surface area contributed by atoms with Crippen molar-refractivity contribution in [2.75, 3.05) is 13.1 Å². The molecule has 0 amide bonds. The molecular weight excluding hydrogens is 146 g/mol. The molecule has 0 aromatic carbocycles. The topological polar surface area (TPSA) is 20.3 Å². The third-order valence-corrected chi connectivity index (χ3v) is 1.46. The highest BCUT2D eigenvalue weighted by Crippen LogP contribution is 2.04. The second-order valence-electron chi connectivity index (χ2n) is 1.60. The number of rotatable bonds is 6. The van der Waals surface area contributed by atoms with Crippen LogP contribution < -0.4 is 0 Å². The zero-order valence-electron chi connectivity index (χ0n) is 5.75. The van der Waals surface area contributed by atoms with Gasteiger partial charge in [-0.25, -0.2) is 4.31 Å². The lowest BCUT2D eigenvalue weighted by Gasteiger charge is -2.11. The van der Waals surface area contributed by atoms with Crippen LogP contribution in [-0.4, -0.2) is 23.0 Å². The third-order valence-electron chi connectivity index (χ3n) is 0.832. The van der Waals surface area contributed by atoms with Crippen molar-refractivity contribution in [1.82, 2.24) is 4.31 Å². The van der Waals surface area contributed by atoms with Crippen LogP contribution in [0, 0.1) is 0 Å². The smallest absolute Gasteiger partial charge is 0.276 e. The van der Waals surface area contributed by atoms with Gasteiger partial charge in [-0.15, -0.1) is 13.2 Å². The molecule has 0 aromatic rings. The van der Waals surface area contributed by atoms with E-state index in [1.807, 2.05) is 0 Å². The fourth-order valence-corrected chi connectivity index (χ4v) is 0.955. The summed E-state index contributed by atoms with van der Waals surface area (Å²) in [6.07, 6.45) is 3.46. The van der Waals surface area contributed by atoms with Gasteiger partial charge in [0.25, 0.3) is 5.62 Å². The molecule has 0 unspecified atom stereocenters. The average Bonchev–Trinajstić information content (AvgIpc) is 1.90. The molecule has 0 aliphatic carbocycles. The van der Waals surface area contributed by atoms with Gasteiger partial charge in [0.2, 0.25) is 0 Å². The van der Waals surface area contributed by atoms with Crippen LogP contribution in [0.1, 0.15) is 0 Å². The van der Waals surface area contributed by atoms with Crippen molar-refractivity contribution >= 4 is 17.6 Å². The van der Waals surface area contributed by atoms with Crippen molar-refractivity contribution in [1.29, 1.82) is 0 Å². The first-order valence-corrected chi connectivity index (χ1v) is 3.63. The molecule has 55 valence electrons. The second-order valence-corrected chi connectivity index (χ2v) is 2.46. The van der Waals surface area contributed by atoms with Crippen molar-refractivity contribution in [3.8, 4) is 0 Å². The van der Waals surface area contributed by atoms with E-state index in [1.165, 1.54) is 0 Å². The molecule has 0 aliphatic heterocycles. The maximum atomic E-state index is 9.89. The Morgan fingerprint density at radius 3 is 2.20 bits per heavy atom. The van der Waals surface area contributed by atoms with E-state index >= 15 is 0 Å². The summed E-state index contributed by atoms with van der Waals surface area (Å²) in [6.45, 7) is 8.44. The molecule has 0 bridgehead atoms. The van der Waals surface area contributed by atoms with Gasteiger partial charge in [-0.3, -0.25) is 4.79 Å². The molecule has 0 rings (SSSR count). The van der Waals surface area contributed by atoms with Gasteiger partial charge >= 0.3 is 0 Å². The summed E-state index contributed by atoms with van der Waals surface area (Å²) in [4.78, 5) is 9.89. The monoisotopic (exact) mass is 156 g/mol. The Morgan fingerprint density at radius 1 is 1.40 bits per heavy atom. The Morgan fingerprint density at radius 2 is 1.90 bits per heavy atom. The minimum absolute atomic E-state index is 0.673. The van der Waals surface area contributed by atoms with Crippen molar-refractivity contribution in [2.24, 2.45) is 0 Å². The number of nitrogens with zero attached hydrogens (tertiary/aromatic N) is 1. The van der Waals surface area contributed by atoms with Crippen LogP contribution in [0.5, 0.6) is 0 Å². The van der Waals surface area contributed by atoms with Crippen LogP contribution >= 0.6 is 11.9 Å². The first kappa shape index (κ1) is 9.46. The molecule has 0 aromatic heterocycles. The van der Waals surface area contributed by atoms with Crippen LogP contribution in [0.25, 0.3) is 0 Å². The lowest BCUT2D eigenvalue weighted by Crippen LogP contribution is -2.14. The molecule has 0 saturated heterocycles. The minimum atomic E-state index is 0.673. The van der Waals surface area contributed by atoms with Gasteiger partial charge in [0.1, 0.15) is 0 Å². The highest BCUT2D eigenvalue weighted by Gasteiger charge is 1.98. The number of hydrogen-bond donors (Lipinski definition) is 0. The van der Waals surface area contributed by atoms with E-state index in [9.17, 15) is 4.79 Å². The van der Waals surface area contributed by atoms with Gasteiger partial charge < -0.3 is 0 Å². The Balaban J connectivity index is 3.58. The summed E-state index contributed by atoms with van der Waals surface area (Å²) < 4.78 is 1.80. The molecular formula is C7H10NOS. The van der Waals surface area contributed by atoms with E-state index in [1.54, 1.807) is 22.1 Å².